The molecular formula is C24H21F3N4O3. The van der Waals surface area contributed by atoms with E-state index in [0.717, 1.165) is 35.5 Å². The van der Waals surface area contributed by atoms with E-state index in [4.69, 9.17) is 9.47 Å². The zero-order valence-corrected chi connectivity index (χ0v) is 17.8. The minimum absolute atomic E-state index is 0.134. The summed E-state index contributed by atoms with van der Waals surface area (Å²) in [7, 11) is 0. The molecule has 2 aliphatic rings. The lowest BCUT2D eigenvalue weighted by atomic mass is 10.1. The van der Waals surface area contributed by atoms with E-state index in [1.807, 2.05) is 36.4 Å². The SMILES string of the molecule is O=C(N[C@H]1CO[C@H]2[C@@H]1OC[C@@H]2Nc1nccc(-c2ccccc2)n1)c1ccc(C(F)(F)F)cc1. The van der Waals surface area contributed by atoms with Crippen LogP contribution in [0.5, 0.6) is 0 Å². The smallest absolute Gasteiger partial charge is 0.371 e. The number of hydrogen-bond acceptors (Lipinski definition) is 6. The molecule has 0 aliphatic carbocycles. The van der Waals surface area contributed by atoms with Gasteiger partial charge in [0.05, 0.1) is 36.6 Å². The summed E-state index contributed by atoms with van der Waals surface area (Å²) in [5.41, 5.74) is 1.08. The summed E-state index contributed by atoms with van der Waals surface area (Å²) in [6.07, 6.45) is -3.51. The fourth-order valence-electron chi connectivity index (χ4n) is 4.17. The van der Waals surface area contributed by atoms with Crippen LogP contribution >= 0.6 is 0 Å². The van der Waals surface area contributed by atoms with Crippen molar-refractivity contribution in [2.45, 2.75) is 30.5 Å². The Bertz CT molecular complexity index is 1160. The number of alkyl halides is 3. The van der Waals surface area contributed by atoms with E-state index >= 15 is 0 Å². The van der Waals surface area contributed by atoms with E-state index in [0.29, 0.717) is 12.6 Å². The van der Waals surface area contributed by atoms with Gasteiger partial charge < -0.3 is 20.1 Å². The molecule has 1 amide bonds. The molecule has 0 radical (unpaired) electrons. The van der Waals surface area contributed by atoms with Crippen LogP contribution in [-0.4, -0.2) is 53.4 Å². The van der Waals surface area contributed by atoms with Crippen molar-refractivity contribution in [1.29, 1.82) is 0 Å². The predicted molar refractivity (Wildman–Crippen MR) is 117 cm³/mol. The Labute approximate surface area is 193 Å². The topological polar surface area (TPSA) is 85.4 Å². The Morgan fingerprint density at radius 1 is 0.912 bits per heavy atom. The van der Waals surface area contributed by atoms with Crippen LogP contribution in [0.2, 0.25) is 0 Å². The maximum atomic E-state index is 12.7. The van der Waals surface area contributed by atoms with Gasteiger partial charge in [-0.3, -0.25) is 4.79 Å². The highest BCUT2D eigenvalue weighted by atomic mass is 19.4. The summed E-state index contributed by atoms with van der Waals surface area (Å²) in [6.45, 7) is 0.561. The van der Waals surface area contributed by atoms with E-state index in [9.17, 15) is 18.0 Å². The summed E-state index contributed by atoms with van der Waals surface area (Å²) >= 11 is 0. The minimum Gasteiger partial charge on any atom is -0.371 e. The van der Waals surface area contributed by atoms with Crippen LogP contribution in [0.25, 0.3) is 11.3 Å². The number of aromatic nitrogens is 2. The highest BCUT2D eigenvalue weighted by Gasteiger charge is 2.48. The zero-order valence-electron chi connectivity index (χ0n) is 17.8. The number of carbonyl (C=O) groups is 1. The Morgan fingerprint density at radius 2 is 1.59 bits per heavy atom. The number of rotatable bonds is 5. The molecule has 4 atom stereocenters. The summed E-state index contributed by atoms with van der Waals surface area (Å²) in [4.78, 5) is 21.4. The second-order valence-corrected chi connectivity index (χ2v) is 8.13. The van der Waals surface area contributed by atoms with Crippen LogP contribution in [0, 0.1) is 0 Å². The van der Waals surface area contributed by atoms with Gasteiger partial charge in [0.2, 0.25) is 5.95 Å². The van der Waals surface area contributed by atoms with E-state index in [1.165, 1.54) is 0 Å². The van der Waals surface area contributed by atoms with Crippen LogP contribution in [0.4, 0.5) is 19.1 Å². The highest BCUT2D eigenvalue weighted by Crippen LogP contribution is 2.30. The van der Waals surface area contributed by atoms with E-state index in [2.05, 4.69) is 20.6 Å². The van der Waals surface area contributed by atoms with Crippen LogP contribution in [-0.2, 0) is 15.7 Å². The summed E-state index contributed by atoms with van der Waals surface area (Å²) in [5.74, 6) is -0.0432. The third-order valence-electron chi connectivity index (χ3n) is 5.88. The number of ether oxygens (including phenoxy) is 2. The molecule has 2 saturated heterocycles. The third kappa shape index (κ3) is 4.59. The van der Waals surface area contributed by atoms with E-state index < -0.39 is 29.8 Å². The second-order valence-electron chi connectivity index (χ2n) is 8.13. The number of hydrogen-bond donors (Lipinski definition) is 2. The molecular weight excluding hydrogens is 449 g/mol. The Kier molecular flexibility index (Phi) is 5.93. The summed E-state index contributed by atoms with van der Waals surface area (Å²) in [6, 6.07) is 15.0. The molecule has 2 aromatic carbocycles. The number of nitrogens with one attached hydrogen (secondary N) is 2. The zero-order chi connectivity index (χ0) is 23.7. The first kappa shape index (κ1) is 22.3. The van der Waals surface area contributed by atoms with Crippen molar-refractivity contribution in [3.8, 4) is 11.3 Å². The van der Waals surface area contributed by atoms with Gasteiger partial charge in [-0.25, -0.2) is 9.97 Å². The monoisotopic (exact) mass is 470 g/mol. The molecule has 2 fully saturated rings. The van der Waals surface area contributed by atoms with Crippen LogP contribution < -0.4 is 10.6 Å². The molecule has 0 bridgehead atoms. The molecule has 176 valence electrons. The molecule has 2 aliphatic heterocycles. The van der Waals surface area contributed by atoms with Crippen molar-refractivity contribution in [3.05, 3.63) is 78.0 Å². The first-order valence-electron chi connectivity index (χ1n) is 10.7. The average molecular weight is 470 g/mol. The average Bonchev–Trinajstić information content (AvgIpc) is 3.43. The summed E-state index contributed by atoms with van der Waals surface area (Å²) < 4.78 is 50.0. The van der Waals surface area contributed by atoms with Crippen molar-refractivity contribution >= 4 is 11.9 Å². The van der Waals surface area contributed by atoms with Crippen molar-refractivity contribution in [1.82, 2.24) is 15.3 Å². The van der Waals surface area contributed by atoms with Crippen LogP contribution in [0.15, 0.2) is 66.9 Å². The maximum absolute atomic E-state index is 12.7. The minimum atomic E-state index is -4.45. The van der Waals surface area contributed by atoms with Crippen LogP contribution in [0.1, 0.15) is 15.9 Å². The molecule has 5 rings (SSSR count). The molecule has 1 aromatic heterocycles. The Balaban J connectivity index is 1.21. The molecule has 3 heterocycles. The standard InChI is InChI=1S/C24H21F3N4O3/c25-24(26,27)16-8-6-15(7-9-16)22(32)29-18-12-33-21-19(13-34-20(18)21)31-23-28-11-10-17(30-23)14-4-2-1-3-5-14/h1-11,18-21H,12-13H2,(H,29,32)(H,28,30,31)/t18-,19-,20+,21+/m0/s1. The number of anilines is 1. The normalized spacial score (nSPS) is 24.0. The van der Waals surface area contributed by atoms with Gasteiger partial charge in [0, 0.05) is 17.3 Å². The molecule has 7 nitrogen and oxygen atoms in total. The van der Waals surface area contributed by atoms with Crippen molar-refractivity contribution in [3.63, 3.8) is 0 Å². The van der Waals surface area contributed by atoms with Crippen molar-refractivity contribution < 1.29 is 27.4 Å². The van der Waals surface area contributed by atoms with E-state index in [-0.39, 0.29) is 24.3 Å². The molecule has 10 heteroatoms. The lowest BCUT2D eigenvalue weighted by molar-refractivity contribution is -0.137. The second kappa shape index (κ2) is 9.03. The number of fused-ring (bicyclic) bond motifs is 1. The molecule has 0 unspecified atom stereocenters. The van der Waals surface area contributed by atoms with Gasteiger partial charge in [-0.05, 0) is 30.3 Å². The van der Waals surface area contributed by atoms with Gasteiger partial charge in [0.1, 0.15) is 12.2 Å². The molecule has 2 N–H and O–H groups in total. The Hall–Kier alpha value is -3.50. The number of benzene rings is 2. The number of nitrogens with zero attached hydrogens (tertiary/aromatic N) is 2. The summed E-state index contributed by atoms with van der Waals surface area (Å²) in [5, 5.41) is 6.07. The third-order valence-corrected chi connectivity index (χ3v) is 5.88. The lowest BCUT2D eigenvalue weighted by Gasteiger charge is -2.18. The van der Waals surface area contributed by atoms with Gasteiger partial charge in [0.25, 0.3) is 5.91 Å². The number of halogens is 3. The van der Waals surface area contributed by atoms with Crippen LogP contribution in [0.3, 0.4) is 0 Å². The Morgan fingerprint density at radius 3 is 2.29 bits per heavy atom. The molecule has 34 heavy (non-hydrogen) atoms. The number of carbonyl (C=O) groups excluding carboxylic acids is 1. The van der Waals surface area contributed by atoms with Gasteiger partial charge >= 0.3 is 6.18 Å². The largest absolute Gasteiger partial charge is 0.416 e. The molecule has 0 saturated carbocycles. The van der Waals surface area contributed by atoms with Crippen molar-refractivity contribution in [2.24, 2.45) is 0 Å². The molecule has 3 aromatic rings. The highest BCUT2D eigenvalue weighted by molar-refractivity contribution is 5.94. The first-order valence-corrected chi connectivity index (χ1v) is 10.7. The van der Waals surface area contributed by atoms with Gasteiger partial charge in [-0.2, -0.15) is 13.2 Å². The maximum Gasteiger partial charge on any atom is 0.416 e. The van der Waals surface area contributed by atoms with Gasteiger partial charge in [0.15, 0.2) is 0 Å². The van der Waals surface area contributed by atoms with Crippen molar-refractivity contribution in [2.75, 3.05) is 18.5 Å². The molecule has 0 spiro atoms. The van der Waals surface area contributed by atoms with Gasteiger partial charge in [-0.1, -0.05) is 30.3 Å². The van der Waals surface area contributed by atoms with E-state index in [1.54, 1.807) is 6.20 Å². The fourth-order valence-corrected chi connectivity index (χ4v) is 4.17. The first-order chi connectivity index (χ1) is 16.4. The number of amides is 1. The van der Waals surface area contributed by atoms with Gasteiger partial charge in [-0.15, -0.1) is 0 Å². The predicted octanol–water partition coefficient (Wildman–Crippen LogP) is 3.54. The lowest BCUT2D eigenvalue weighted by Crippen LogP contribution is -2.44. The quantitative estimate of drug-likeness (QED) is 0.594. The fraction of sp³-hybridized carbons (Fsp3) is 0.292.